The van der Waals surface area contributed by atoms with Crippen LogP contribution in [0.4, 0.5) is 0 Å². The van der Waals surface area contributed by atoms with Gasteiger partial charge in [-0.15, -0.1) is 0 Å². The van der Waals surface area contributed by atoms with Crippen LogP contribution in [-0.4, -0.2) is 41.6 Å². The van der Waals surface area contributed by atoms with E-state index in [0.29, 0.717) is 5.54 Å². The number of hydrogen-bond donors (Lipinski definition) is 1. The summed E-state index contributed by atoms with van der Waals surface area (Å²) in [7, 11) is 0. The second-order valence-electron chi connectivity index (χ2n) is 6.11. The van der Waals surface area contributed by atoms with E-state index in [1.165, 1.54) is 57.4 Å². The highest BCUT2D eigenvalue weighted by molar-refractivity contribution is 5.04. The number of nitrogens with one attached hydrogen (secondary N) is 1. The van der Waals surface area contributed by atoms with Gasteiger partial charge >= 0.3 is 0 Å². The van der Waals surface area contributed by atoms with Crippen molar-refractivity contribution in [2.24, 2.45) is 0 Å². The molecule has 0 unspecified atom stereocenters. The van der Waals surface area contributed by atoms with Crippen molar-refractivity contribution in [2.45, 2.75) is 44.1 Å². The average Bonchev–Trinajstić information content (AvgIpc) is 2.80. The molecule has 1 aromatic heterocycles. The highest BCUT2D eigenvalue weighted by Gasteiger charge is 2.36. The topological polar surface area (TPSA) is 28.2 Å². The molecule has 3 heteroatoms. The van der Waals surface area contributed by atoms with Crippen molar-refractivity contribution in [3.63, 3.8) is 0 Å². The molecule has 2 heterocycles. The van der Waals surface area contributed by atoms with Crippen molar-refractivity contribution in [1.82, 2.24) is 15.2 Å². The molecule has 1 aliphatic heterocycles. The maximum atomic E-state index is 4.43. The summed E-state index contributed by atoms with van der Waals surface area (Å²) in [6.07, 6.45) is 9.81. The minimum absolute atomic E-state index is 0.431. The summed E-state index contributed by atoms with van der Waals surface area (Å²) in [6, 6.07) is 6.22. The molecule has 3 nitrogen and oxygen atoms in total. The number of hydrogen-bond acceptors (Lipinski definition) is 3. The first kappa shape index (κ1) is 13.1. The monoisotopic (exact) mass is 259 g/mol. The second-order valence-corrected chi connectivity index (χ2v) is 6.11. The zero-order chi connectivity index (χ0) is 13.0. The maximum absolute atomic E-state index is 4.43. The fraction of sp³-hybridized carbons (Fsp3) is 0.688. The van der Waals surface area contributed by atoms with Crippen LogP contribution in [0.25, 0.3) is 0 Å². The lowest BCUT2D eigenvalue weighted by molar-refractivity contribution is 0.211. The summed E-state index contributed by atoms with van der Waals surface area (Å²) in [6.45, 7) is 4.82. The average molecular weight is 259 g/mol. The third kappa shape index (κ3) is 3.34. The van der Waals surface area contributed by atoms with Crippen molar-refractivity contribution in [3.8, 4) is 0 Å². The van der Waals surface area contributed by atoms with E-state index in [9.17, 15) is 0 Å². The van der Waals surface area contributed by atoms with Gasteiger partial charge in [-0.2, -0.15) is 0 Å². The van der Waals surface area contributed by atoms with Crippen LogP contribution in [0.1, 0.15) is 37.8 Å². The summed E-state index contributed by atoms with van der Waals surface area (Å²) in [4.78, 5) is 7.09. The molecule has 1 aliphatic carbocycles. The van der Waals surface area contributed by atoms with Crippen LogP contribution < -0.4 is 5.32 Å². The molecule has 1 N–H and O–H groups in total. The van der Waals surface area contributed by atoms with Gasteiger partial charge in [-0.05, 0) is 44.5 Å². The van der Waals surface area contributed by atoms with Gasteiger partial charge in [0.15, 0.2) is 0 Å². The number of aromatic nitrogens is 1. The molecule has 0 aromatic carbocycles. The van der Waals surface area contributed by atoms with E-state index in [1.54, 1.807) is 0 Å². The Hall–Kier alpha value is -0.930. The summed E-state index contributed by atoms with van der Waals surface area (Å²) in [5.74, 6) is 0. The van der Waals surface area contributed by atoms with Crippen LogP contribution in [0, 0.1) is 0 Å². The minimum atomic E-state index is 0.431. The molecule has 104 valence electrons. The van der Waals surface area contributed by atoms with Gasteiger partial charge in [0.1, 0.15) is 0 Å². The highest BCUT2D eigenvalue weighted by atomic mass is 15.2. The van der Waals surface area contributed by atoms with Crippen LogP contribution >= 0.6 is 0 Å². The molecule has 1 saturated carbocycles. The normalized spacial score (nSPS) is 23.6. The first-order valence-electron chi connectivity index (χ1n) is 7.74. The summed E-state index contributed by atoms with van der Waals surface area (Å²) >= 11 is 0. The first-order valence-corrected chi connectivity index (χ1v) is 7.74. The Morgan fingerprint density at radius 1 is 1.21 bits per heavy atom. The molecule has 2 fully saturated rings. The molecule has 0 amide bonds. The van der Waals surface area contributed by atoms with Crippen LogP contribution in [0.5, 0.6) is 0 Å². The predicted octanol–water partition coefficient (Wildman–Crippen LogP) is 2.23. The van der Waals surface area contributed by atoms with Crippen molar-refractivity contribution >= 4 is 0 Å². The fourth-order valence-electron chi connectivity index (χ4n) is 3.62. The summed E-state index contributed by atoms with van der Waals surface area (Å²) < 4.78 is 0. The summed E-state index contributed by atoms with van der Waals surface area (Å²) in [5.41, 5.74) is 1.65. The Balaban J connectivity index is 1.57. The number of nitrogens with zero attached hydrogens (tertiary/aromatic N) is 2. The molecule has 0 bridgehead atoms. The van der Waals surface area contributed by atoms with E-state index in [1.807, 2.05) is 12.3 Å². The molecule has 1 aromatic rings. The zero-order valence-corrected chi connectivity index (χ0v) is 11.8. The lowest BCUT2D eigenvalue weighted by atomic mass is 9.97. The van der Waals surface area contributed by atoms with E-state index in [0.717, 1.165) is 13.0 Å². The SMILES string of the molecule is c1ccc(CCN2CCCNC3(CCCC3)C2)nc1. The molecular weight excluding hydrogens is 234 g/mol. The van der Waals surface area contributed by atoms with Gasteiger partial charge in [-0.3, -0.25) is 4.98 Å². The zero-order valence-electron chi connectivity index (χ0n) is 11.8. The third-order valence-electron chi connectivity index (χ3n) is 4.65. The molecule has 0 radical (unpaired) electrons. The van der Waals surface area contributed by atoms with Crippen molar-refractivity contribution in [3.05, 3.63) is 30.1 Å². The van der Waals surface area contributed by atoms with E-state index in [4.69, 9.17) is 0 Å². The van der Waals surface area contributed by atoms with Gasteiger partial charge < -0.3 is 10.2 Å². The molecule has 3 rings (SSSR count). The van der Waals surface area contributed by atoms with Crippen LogP contribution in [0.15, 0.2) is 24.4 Å². The second kappa shape index (κ2) is 6.02. The van der Waals surface area contributed by atoms with E-state index < -0.39 is 0 Å². The van der Waals surface area contributed by atoms with Crippen molar-refractivity contribution in [1.29, 1.82) is 0 Å². The fourth-order valence-corrected chi connectivity index (χ4v) is 3.62. The van der Waals surface area contributed by atoms with Crippen LogP contribution in [-0.2, 0) is 6.42 Å². The minimum Gasteiger partial charge on any atom is -0.310 e. The Morgan fingerprint density at radius 2 is 2.11 bits per heavy atom. The molecule has 19 heavy (non-hydrogen) atoms. The number of pyridine rings is 1. The Bertz CT molecular complexity index is 384. The van der Waals surface area contributed by atoms with Crippen molar-refractivity contribution in [2.75, 3.05) is 26.2 Å². The van der Waals surface area contributed by atoms with Gasteiger partial charge in [0.2, 0.25) is 0 Å². The van der Waals surface area contributed by atoms with Crippen LogP contribution in [0.2, 0.25) is 0 Å². The Labute approximate surface area is 116 Å². The lowest BCUT2D eigenvalue weighted by Crippen LogP contribution is -2.49. The van der Waals surface area contributed by atoms with Gasteiger partial charge in [0, 0.05) is 36.9 Å². The Kier molecular flexibility index (Phi) is 4.14. The molecule has 1 saturated heterocycles. The quantitative estimate of drug-likeness (QED) is 0.902. The highest BCUT2D eigenvalue weighted by Crippen LogP contribution is 2.31. The predicted molar refractivity (Wildman–Crippen MR) is 78.2 cm³/mol. The molecular formula is C16H25N3. The van der Waals surface area contributed by atoms with Crippen molar-refractivity contribution < 1.29 is 0 Å². The standard InChI is InChI=1S/C16H25N3/c1-4-10-17-15(6-1)7-13-19-12-5-11-18-16(14-19)8-2-3-9-16/h1,4,6,10,18H,2-3,5,7-9,11-14H2. The first-order chi connectivity index (χ1) is 9.36. The van der Waals surface area contributed by atoms with Gasteiger partial charge in [0.25, 0.3) is 0 Å². The Morgan fingerprint density at radius 3 is 2.89 bits per heavy atom. The van der Waals surface area contributed by atoms with Gasteiger partial charge in [0.05, 0.1) is 0 Å². The van der Waals surface area contributed by atoms with Gasteiger partial charge in [-0.25, -0.2) is 0 Å². The molecule has 2 aliphatic rings. The number of rotatable bonds is 3. The van der Waals surface area contributed by atoms with Crippen LogP contribution in [0.3, 0.4) is 0 Å². The van der Waals surface area contributed by atoms with E-state index in [-0.39, 0.29) is 0 Å². The van der Waals surface area contributed by atoms with E-state index >= 15 is 0 Å². The molecule has 1 spiro atoms. The lowest BCUT2D eigenvalue weighted by Gasteiger charge is -2.33. The largest absolute Gasteiger partial charge is 0.310 e. The maximum Gasteiger partial charge on any atom is 0.0416 e. The van der Waals surface area contributed by atoms with Gasteiger partial charge in [-0.1, -0.05) is 18.9 Å². The third-order valence-corrected chi connectivity index (χ3v) is 4.65. The molecule has 0 atom stereocenters. The van der Waals surface area contributed by atoms with E-state index in [2.05, 4.69) is 27.3 Å². The smallest absolute Gasteiger partial charge is 0.0416 e. The summed E-state index contributed by atoms with van der Waals surface area (Å²) in [5, 5.41) is 3.83.